The van der Waals surface area contributed by atoms with Crippen molar-refractivity contribution in [1.82, 2.24) is 0 Å². The fourth-order valence-corrected chi connectivity index (χ4v) is 2.39. The van der Waals surface area contributed by atoms with Gasteiger partial charge in [0.05, 0.1) is 5.54 Å². The maximum atomic E-state index is 10.7. The minimum Gasteiger partial charge on any atom is -0.211 e. The van der Waals surface area contributed by atoms with Gasteiger partial charge < -0.3 is 0 Å². The highest BCUT2D eigenvalue weighted by atomic mass is 16.1. The summed E-state index contributed by atoms with van der Waals surface area (Å²) in [5, 5.41) is 0. The maximum Gasteiger partial charge on any atom is 0.235 e. The maximum absolute atomic E-state index is 10.7. The molecule has 0 heterocycles. The lowest BCUT2D eigenvalue weighted by Gasteiger charge is -2.22. The van der Waals surface area contributed by atoms with E-state index >= 15 is 0 Å². The quantitative estimate of drug-likeness (QED) is 0.574. The van der Waals surface area contributed by atoms with Crippen LogP contribution in [-0.2, 0) is 10.3 Å². The first-order valence-corrected chi connectivity index (χ1v) is 6.90. The van der Waals surface area contributed by atoms with Gasteiger partial charge in [-0.05, 0) is 49.1 Å². The first-order chi connectivity index (χ1) is 9.95. The number of allylic oxidation sites excluding steroid dienone is 1. The molecule has 0 N–H and O–H groups in total. The number of isocyanates is 1. The second-order valence-corrected chi connectivity index (χ2v) is 5.67. The summed E-state index contributed by atoms with van der Waals surface area (Å²) in [5.74, 6) is 0. The van der Waals surface area contributed by atoms with Crippen LogP contribution in [0.2, 0.25) is 0 Å². The largest absolute Gasteiger partial charge is 0.235 e. The van der Waals surface area contributed by atoms with E-state index in [-0.39, 0.29) is 0 Å². The summed E-state index contributed by atoms with van der Waals surface area (Å²) >= 11 is 0. The van der Waals surface area contributed by atoms with Gasteiger partial charge in [-0.2, -0.15) is 4.99 Å². The van der Waals surface area contributed by atoms with E-state index in [1.807, 2.05) is 51.1 Å². The standard InChI is InChI=1S/C19H19NO/c1-14(2)15-8-7-9-16(12-15)17-10-5-6-11-18(17)19(3,4)20-13-21/h5-12H,1H2,2-4H3. The monoisotopic (exact) mass is 277 g/mol. The Hall–Kier alpha value is -2.44. The molecule has 0 amide bonds. The summed E-state index contributed by atoms with van der Waals surface area (Å²) in [6, 6.07) is 16.2. The van der Waals surface area contributed by atoms with Gasteiger partial charge in [0.15, 0.2) is 0 Å². The van der Waals surface area contributed by atoms with Gasteiger partial charge >= 0.3 is 0 Å². The van der Waals surface area contributed by atoms with E-state index in [1.165, 1.54) is 0 Å². The van der Waals surface area contributed by atoms with Gasteiger partial charge in [0.25, 0.3) is 0 Å². The molecule has 0 unspecified atom stereocenters. The van der Waals surface area contributed by atoms with Crippen molar-refractivity contribution < 1.29 is 4.79 Å². The van der Waals surface area contributed by atoms with Gasteiger partial charge in [-0.15, -0.1) is 0 Å². The van der Waals surface area contributed by atoms with Crippen LogP contribution in [0.1, 0.15) is 31.9 Å². The van der Waals surface area contributed by atoms with Gasteiger partial charge in [0, 0.05) is 0 Å². The number of nitrogens with zero attached hydrogens (tertiary/aromatic N) is 1. The van der Waals surface area contributed by atoms with E-state index < -0.39 is 5.54 Å². The highest BCUT2D eigenvalue weighted by Crippen LogP contribution is 2.34. The van der Waals surface area contributed by atoms with Crippen LogP contribution < -0.4 is 0 Å². The van der Waals surface area contributed by atoms with Crippen molar-refractivity contribution in [1.29, 1.82) is 0 Å². The first kappa shape index (κ1) is 15.0. The van der Waals surface area contributed by atoms with Crippen LogP contribution in [0.3, 0.4) is 0 Å². The minimum absolute atomic E-state index is 0.600. The molecule has 2 rings (SSSR count). The van der Waals surface area contributed by atoms with E-state index in [4.69, 9.17) is 0 Å². The summed E-state index contributed by atoms with van der Waals surface area (Å²) in [6.45, 7) is 9.81. The van der Waals surface area contributed by atoms with Crippen molar-refractivity contribution in [3.05, 3.63) is 66.2 Å². The van der Waals surface area contributed by atoms with Crippen LogP contribution in [0.15, 0.2) is 60.1 Å². The average Bonchev–Trinajstić information content (AvgIpc) is 2.47. The molecular weight excluding hydrogens is 258 g/mol. The zero-order valence-electron chi connectivity index (χ0n) is 12.7. The van der Waals surface area contributed by atoms with Crippen molar-refractivity contribution in [3.8, 4) is 11.1 Å². The van der Waals surface area contributed by atoms with Crippen molar-refractivity contribution in [2.45, 2.75) is 26.3 Å². The lowest BCUT2D eigenvalue weighted by Crippen LogP contribution is -2.14. The summed E-state index contributed by atoms with van der Waals surface area (Å²) in [6.07, 6.45) is 1.68. The fraction of sp³-hybridized carbons (Fsp3) is 0.211. The SMILES string of the molecule is C=C(C)c1cccc(-c2ccccc2C(C)(C)N=C=O)c1. The minimum atomic E-state index is -0.600. The molecule has 0 atom stereocenters. The molecule has 2 aromatic rings. The Morgan fingerprint density at radius 1 is 1.14 bits per heavy atom. The van der Waals surface area contributed by atoms with Crippen LogP contribution in [0, 0.1) is 0 Å². The van der Waals surface area contributed by atoms with Crippen LogP contribution in [-0.4, -0.2) is 6.08 Å². The van der Waals surface area contributed by atoms with Gasteiger partial charge in [-0.25, -0.2) is 4.79 Å². The van der Waals surface area contributed by atoms with Gasteiger partial charge in [0.2, 0.25) is 6.08 Å². The van der Waals surface area contributed by atoms with Crippen LogP contribution in [0.25, 0.3) is 16.7 Å². The number of rotatable bonds is 4. The van der Waals surface area contributed by atoms with E-state index in [2.05, 4.69) is 29.8 Å². The average molecular weight is 277 g/mol. The summed E-state index contributed by atoms with van der Waals surface area (Å²) in [4.78, 5) is 14.6. The van der Waals surface area contributed by atoms with Gasteiger partial charge in [-0.1, -0.05) is 54.6 Å². The summed E-state index contributed by atoms with van der Waals surface area (Å²) in [7, 11) is 0. The molecule has 0 fully saturated rings. The molecule has 0 aromatic heterocycles. The Morgan fingerprint density at radius 2 is 1.86 bits per heavy atom. The van der Waals surface area contributed by atoms with Gasteiger partial charge in [-0.3, -0.25) is 0 Å². The molecule has 0 aliphatic carbocycles. The fourth-order valence-electron chi connectivity index (χ4n) is 2.39. The molecule has 2 aromatic carbocycles. The summed E-state index contributed by atoms with van der Waals surface area (Å²) < 4.78 is 0. The smallest absolute Gasteiger partial charge is 0.211 e. The molecule has 106 valence electrons. The highest BCUT2D eigenvalue weighted by molar-refractivity contribution is 5.73. The molecular formula is C19H19NO. The second-order valence-electron chi connectivity index (χ2n) is 5.67. The summed E-state index contributed by atoms with van der Waals surface area (Å²) in [5.41, 5.74) is 4.72. The number of carbonyl (C=O) groups excluding carboxylic acids is 1. The van der Waals surface area contributed by atoms with E-state index in [1.54, 1.807) is 6.08 Å². The molecule has 0 aliphatic rings. The lowest BCUT2D eigenvalue weighted by molar-refractivity contribution is 0.523. The van der Waals surface area contributed by atoms with E-state index in [9.17, 15) is 4.79 Å². The van der Waals surface area contributed by atoms with E-state index in [0.29, 0.717) is 0 Å². The molecule has 2 heteroatoms. The topological polar surface area (TPSA) is 29.4 Å². The Labute approximate surface area is 125 Å². The highest BCUT2D eigenvalue weighted by Gasteiger charge is 2.23. The molecule has 0 saturated heterocycles. The first-order valence-electron chi connectivity index (χ1n) is 6.90. The van der Waals surface area contributed by atoms with Crippen molar-refractivity contribution in [2.24, 2.45) is 4.99 Å². The predicted octanol–water partition coefficient (Wildman–Crippen LogP) is 4.96. The molecule has 2 nitrogen and oxygen atoms in total. The molecule has 21 heavy (non-hydrogen) atoms. The van der Waals surface area contributed by atoms with Crippen LogP contribution >= 0.6 is 0 Å². The molecule has 0 bridgehead atoms. The third kappa shape index (κ3) is 3.18. The second kappa shape index (κ2) is 5.90. The van der Waals surface area contributed by atoms with Gasteiger partial charge in [0.1, 0.15) is 0 Å². The Kier molecular flexibility index (Phi) is 4.21. The Bertz CT molecular complexity index is 722. The Morgan fingerprint density at radius 3 is 2.52 bits per heavy atom. The number of aliphatic imine (C=N–C) groups is 1. The number of hydrogen-bond acceptors (Lipinski definition) is 2. The van der Waals surface area contributed by atoms with Crippen molar-refractivity contribution in [2.75, 3.05) is 0 Å². The van der Waals surface area contributed by atoms with Crippen molar-refractivity contribution in [3.63, 3.8) is 0 Å². The third-order valence-electron chi connectivity index (χ3n) is 3.58. The Balaban J connectivity index is 2.63. The normalized spacial score (nSPS) is 10.8. The lowest BCUT2D eigenvalue weighted by atomic mass is 9.87. The van der Waals surface area contributed by atoms with Crippen LogP contribution in [0.4, 0.5) is 0 Å². The molecule has 0 aliphatic heterocycles. The number of benzene rings is 2. The number of hydrogen-bond donors (Lipinski definition) is 0. The molecule has 0 spiro atoms. The van der Waals surface area contributed by atoms with E-state index in [0.717, 1.165) is 27.8 Å². The third-order valence-corrected chi connectivity index (χ3v) is 3.58. The predicted molar refractivity (Wildman–Crippen MR) is 87.7 cm³/mol. The van der Waals surface area contributed by atoms with Crippen molar-refractivity contribution >= 4 is 11.7 Å². The van der Waals surface area contributed by atoms with Crippen LogP contribution in [0.5, 0.6) is 0 Å². The molecule has 0 radical (unpaired) electrons. The zero-order chi connectivity index (χ0) is 15.5. The zero-order valence-corrected chi connectivity index (χ0v) is 12.7. The molecule has 0 saturated carbocycles.